The third-order valence-electron chi connectivity index (χ3n) is 4.61. The first-order valence-corrected chi connectivity index (χ1v) is 8.63. The van der Waals surface area contributed by atoms with Gasteiger partial charge in [0, 0.05) is 53.6 Å². The van der Waals surface area contributed by atoms with Gasteiger partial charge in [-0.2, -0.15) is 0 Å². The maximum Gasteiger partial charge on any atom is 0.250 e. The number of aromatic nitrogens is 4. The van der Waals surface area contributed by atoms with Crippen LogP contribution in [0.5, 0.6) is 0 Å². The molecule has 1 aromatic carbocycles. The number of aryl methyl sites for hydroxylation is 1. The molecule has 0 aliphatic rings. The van der Waals surface area contributed by atoms with Crippen molar-refractivity contribution < 1.29 is 0 Å². The van der Waals surface area contributed by atoms with Crippen LogP contribution in [-0.2, 0) is 7.05 Å². The second-order valence-corrected chi connectivity index (χ2v) is 6.75. The maximum absolute atomic E-state index is 12.0. The van der Waals surface area contributed by atoms with Crippen molar-refractivity contribution in [3.05, 3.63) is 71.5 Å². The monoisotopic (exact) mass is 344 g/mol. The van der Waals surface area contributed by atoms with E-state index in [0.29, 0.717) is 0 Å². The average Bonchev–Trinajstić information content (AvgIpc) is 3.02. The van der Waals surface area contributed by atoms with Gasteiger partial charge in [-0.3, -0.25) is 9.78 Å². The Hall–Kier alpha value is -3.21. The Morgan fingerprint density at radius 2 is 1.69 bits per heavy atom. The van der Waals surface area contributed by atoms with Crippen LogP contribution in [0, 0.1) is 0 Å². The minimum atomic E-state index is -0.0117. The summed E-state index contributed by atoms with van der Waals surface area (Å²) in [6.45, 7) is 3.98. The molecule has 0 fully saturated rings. The summed E-state index contributed by atoms with van der Waals surface area (Å²) in [4.78, 5) is 21.1. The lowest BCUT2D eigenvalue weighted by atomic mass is 10.1. The quantitative estimate of drug-likeness (QED) is 0.563. The Labute approximate surface area is 151 Å². The highest BCUT2D eigenvalue weighted by Crippen LogP contribution is 2.25. The highest BCUT2D eigenvalue weighted by atomic mass is 16.1. The molecule has 0 bridgehead atoms. The summed E-state index contributed by atoms with van der Waals surface area (Å²) in [7, 11) is 2.03. The van der Waals surface area contributed by atoms with Crippen LogP contribution in [0.3, 0.4) is 0 Å². The molecule has 26 heavy (non-hydrogen) atoms. The fourth-order valence-electron chi connectivity index (χ4n) is 3.14. The van der Waals surface area contributed by atoms with Crippen LogP contribution in [0.4, 0.5) is 0 Å². The van der Waals surface area contributed by atoms with Crippen molar-refractivity contribution in [2.45, 2.75) is 19.9 Å². The third-order valence-corrected chi connectivity index (χ3v) is 4.61. The fraction of sp³-hybridized carbons (Fsp3) is 0.190. The first-order valence-electron chi connectivity index (χ1n) is 8.63. The van der Waals surface area contributed by atoms with E-state index in [2.05, 4.69) is 33.8 Å². The summed E-state index contributed by atoms with van der Waals surface area (Å²) in [6, 6.07) is 11.9. The van der Waals surface area contributed by atoms with Gasteiger partial charge >= 0.3 is 0 Å². The molecule has 0 saturated heterocycles. The predicted molar refractivity (Wildman–Crippen MR) is 104 cm³/mol. The van der Waals surface area contributed by atoms with Gasteiger partial charge in [-0.15, -0.1) is 0 Å². The maximum atomic E-state index is 12.0. The molecule has 0 aliphatic carbocycles. The zero-order chi connectivity index (χ0) is 18.3. The minimum absolute atomic E-state index is 0.0117. The number of nitrogens with zero attached hydrogens (tertiary/aromatic N) is 4. The Bertz CT molecular complexity index is 1150. The second kappa shape index (κ2) is 6.26. The van der Waals surface area contributed by atoms with Gasteiger partial charge in [0.15, 0.2) is 0 Å². The van der Waals surface area contributed by atoms with Gasteiger partial charge < -0.3 is 9.13 Å². The molecule has 5 heteroatoms. The van der Waals surface area contributed by atoms with Crippen LogP contribution in [0.25, 0.3) is 33.4 Å². The summed E-state index contributed by atoms with van der Waals surface area (Å²) in [5.41, 5.74) is 4.65. The molecule has 130 valence electrons. The van der Waals surface area contributed by atoms with E-state index in [9.17, 15) is 4.79 Å². The molecular formula is C21H20N4O. The van der Waals surface area contributed by atoms with Crippen LogP contribution in [0.1, 0.15) is 19.9 Å². The van der Waals surface area contributed by atoms with Gasteiger partial charge in [0.25, 0.3) is 5.56 Å². The first kappa shape index (κ1) is 16.3. The van der Waals surface area contributed by atoms with Gasteiger partial charge in [-0.1, -0.05) is 6.07 Å². The van der Waals surface area contributed by atoms with Gasteiger partial charge in [-0.05, 0) is 38.1 Å². The van der Waals surface area contributed by atoms with Crippen molar-refractivity contribution in [1.29, 1.82) is 0 Å². The van der Waals surface area contributed by atoms with Gasteiger partial charge in [-0.25, -0.2) is 4.98 Å². The van der Waals surface area contributed by atoms with Crippen molar-refractivity contribution in [3.8, 4) is 22.5 Å². The van der Waals surface area contributed by atoms with E-state index in [4.69, 9.17) is 4.98 Å². The standard InChI is InChI=1S/C21H20N4O/c1-14(2)25-13-17(5-7-21(25)26)19-12-22-11-18(23-19)15-4-6-20-16(10-15)8-9-24(20)3/h4-14H,1-3H3. The zero-order valence-corrected chi connectivity index (χ0v) is 15.0. The number of hydrogen-bond donors (Lipinski definition) is 0. The fourth-order valence-corrected chi connectivity index (χ4v) is 3.14. The molecule has 0 atom stereocenters. The molecular weight excluding hydrogens is 324 g/mol. The zero-order valence-electron chi connectivity index (χ0n) is 15.0. The minimum Gasteiger partial charge on any atom is -0.351 e. The smallest absolute Gasteiger partial charge is 0.250 e. The molecule has 3 aromatic heterocycles. The predicted octanol–water partition coefficient (Wildman–Crippen LogP) is 4.04. The Balaban J connectivity index is 1.79. The third kappa shape index (κ3) is 2.81. The summed E-state index contributed by atoms with van der Waals surface area (Å²) in [6.07, 6.45) is 7.40. The van der Waals surface area contributed by atoms with Crippen molar-refractivity contribution in [2.24, 2.45) is 7.05 Å². The molecule has 4 aromatic rings. The van der Waals surface area contributed by atoms with E-state index >= 15 is 0 Å². The number of pyridine rings is 1. The van der Waals surface area contributed by atoms with E-state index in [1.54, 1.807) is 29.1 Å². The summed E-state index contributed by atoms with van der Waals surface area (Å²) < 4.78 is 3.80. The molecule has 0 radical (unpaired) electrons. The second-order valence-electron chi connectivity index (χ2n) is 6.75. The Kier molecular flexibility index (Phi) is 3.92. The highest BCUT2D eigenvalue weighted by molar-refractivity contribution is 5.85. The van der Waals surface area contributed by atoms with Crippen LogP contribution >= 0.6 is 0 Å². The Morgan fingerprint density at radius 1 is 0.962 bits per heavy atom. The van der Waals surface area contributed by atoms with E-state index in [1.807, 2.05) is 33.3 Å². The molecule has 0 saturated carbocycles. The lowest BCUT2D eigenvalue weighted by Crippen LogP contribution is -2.20. The van der Waals surface area contributed by atoms with Crippen molar-refractivity contribution in [3.63, 3.8) is 0 Å². The van der Waals surface area contributed by atoms with Crippen LogP contribution in [-0.4, -0.2) is 19.1 Å². The van der Waals surface area contributed by atoms with E-state index in [1.165, 1.54) is 10.9 Å². The summed E-state index contributed by atoms with van der Waals surface area (Å²) in [5.74, 6) is 0. The molecule has 0 amide bonds. The highest BCUT2D eigenvalue weighted by Gasteiger charge is 2.09. The Morgan fingerprint density at radius 3 is 2.46 bits per heavy atom. The number of fused-ring (bicyclic) bond motifs is 1. The topological polar surface area (TPSA) is 52.7 Å². The lowest BCUT2D eigenvalue weighted by molar-refractivity contribution is 0.579. The number of hydrogen-bond acceptors (Lipinski definition) is 3. The van der Waals surface area contributed by atoms with Crippen molar-refractivity contribution in [1.82, 2.24) is 19.1 Å². The van der Waals surface area contributed by atoms with Crippen LogP contribution in [0.2, 0.25) is 0 Å². The van der Waals surface area contributed by atoms with Gasteiger partial charge in [0.1, 0.15) is 0 Å². The molecule has 3 heterocycles. The summed E-state index contributed by atoms with van der Waals surface area (Å²) >= 11 is 0. The molecule has 0 N–H and O–H groups in total. The molecule has 0 aliphatic heterocycles. The molecule has 0 unspecified atom stereocenters. The van der Waals surface area contributed by atoms with Crippen LogP contribution < -0.4 is 5.56 Å². The molecule has 5 nitrogen and oxygen atoms in total. The SMILES string of the molecule is CC(C)n1cc(-c2cncc(-c3ccc4c(ccn4C)c3)n2)ccc1=O. The van der Waals surface area contributed by atoms with Crippen LogP contribution in [0.15, 0.2) is 66.0 Å². The van der Waals surface area contributed by atoms with E-state index < -0.39 is 0 Å². The molecule has 4 rings (SSSR count). The van der Waals surface area contributed by atoms with Gasteiger partial charge in [0.05, 0.1) is 23.8 Å². The number of rotatable bonds is 3. The first-order chi connectivity index (χ1) is 12.5. The van der Waals surface area contributed by atoms with Crippen molar-refractivity contribution >= 4 is 10.9 Å². The van der Waals surface area contributed by atoms with E-state index in [-0.39, 0.29) is 11.6 Å². The lowest BCUT2D eigenvalue weighted by Gasteiger charge is -2.11. The number of benzene rings is 1. The average molecular weight is 344 g/mol. The van der Waals surface area contributed by atoms with E-state index in [0.717, 1.165) is 22.5 Å². The summed E-state index contributed by atoms with van der Waals surface area (Å²) in [5, 5.41) is 1.17. The largest absolute Gasteiger partial charge is 0.351 e. The van der Waals surface area contributed by atoms with Crippen molar-refractivity contribution in [2.75, 3.05) is 0 Å². The molecule has 0 spiro atoms. The van der Waals surface area contributed by atoms with Gasteiger partial charge in [0.2, 0.25) is 0 Å². The normalized spacial score (nSPS) is 11.4.